The summed E-state index contributed by atoms with van der Waals surface area (Å²) in [6, 6.07) is 15.8. The summed E-state index contributed by atoms with van der Waals surface area (Å²) >= 11 is 0. The number of alkyl carbamates (subject to hydrolysis) is 1. The minimum Gasteiger partial charge on any atom is -0.441 e. The third-order valence-corrected chi connectivity index (χ3v) is 5.11. The molecule has 1 amide bonds. The maximum atomic E-state index is 12.4. The Hall–Kier alpha value is -3.06. The number of fused-ring (bicyclic) bond motifs is 2. The molecule has 1 atom stereocenters. The number of rotatable bonds is 8. The molecular weight excluding hydrogens is 362 g/mol. The molecular formula is C25H29NO3. The average molecular weight is 392 g/mol. The van der Waals surface area contributed by atoms with E-state index >= 15 is 0 Å². The van der Waals surface area contributed by atoms with Gasteiger partial charge in [0.05, 0.1) is 0 Å². The first-order chi connectivity index (χ1) is 14.2. The molecule has 1 unspecified atom stereocenters. The number of benzene rings is 2. The first-order valence-corrected chi connectivity index (χ1v) is 10.3. The monoisotopic (exact) mass is 391 g/mol. The molecule has 2 aromatic rings. The zero-order valence-electron chi connectivity index (χ0n) is 16.9. The summed E-state index contributed by atoms with van der Waals surface area (Å²) in [5, 5.41) is 2.84. The molecule has 1 aliphatic carbocycles. The maximum Gasteiger partial charge on any atom is 0.407 e. The van der Waals surface area contributed by atoms with Gasteiger partial charge < -0.3 is 10.1 Å². The number of ketones is 1. The van der Waals surface area contributed by atoms with Gasteiger partial charge in [-0.2, -0.15) is 0 Å². The first kappa shape index (κ1) is 20.7. The highest BCUT2D eigenvalue weighted by Crippen LogP contribution is 2.28. The van der Waals surface area contributed by atoms with Crippen molar-refractivity contribution in [1.29, 1.82) is 0 Å². The summed E-state index contributed by atoms with van der Waals surface area (Å²) in [7, 11) is 0. The molecule has 4 nitrogen and oxygen atoms in total. The van der Waals surface area contributed by atoms with E-state index in [1.165, 1.54) is 0 Å². The van der Waals surface area contributed by atoms with Crippen LogP contribution in [0.5, 0.6) is 0 Å². The molecule has 0 heterocycles. The van der Waals surface area contributed by atoms with Crippen LogP contribution in [0.25, 0.3) is 0 Å². The number of hydrogen-bond acceptors (Lipinski definition) is 3. The molecule has 1 aliphatic rings. The van der Waals surface area contributed by atoms with Gasteiger partial charge in [-0.15, -0.1) is 0 Å². The van der Waals surface area contributed by atoms with Crippen LogP contribution in [0.3, 0.4) is 0 Å². The standard InChI is InChI=1S/C25H27NO3.H2/c1-2-22(27)13-4-3-9-17-26-25(28)29-24-18-21-12-6-5-10-19(21)15-16-20-11-7-8-14-23(20)24;/h5-8,10-12,14,24H,2-4,9,13,17-18H2,1H3,(H,26,28);1H. The number of amides is 1. The van der Waals surface area contributed by atoms with Crippen LogP contribution in [0.2, 0.25) is 0 Å². The summed E-state index contributed by atoms with van der Waals surface area (Å²) in [6.07, 6.45) is 3.64. The number of hydrogen-bond donors (Lipinski definition) is 1. The summed E-state index contributed by atoms with van der Waals surface area (Å²) in [5.74, 6) is 6.74. The van der Waals surface area contributed by atoms with E-state index in [4.69, 9.17) is 4.74 Å². The van der Waals surface area contributed by atoms with Crippen LogP contribution in [0, 0.1) is 11.8 Å². The molecule has 0 bridgehead atoms. The van der Waals surface area contributed by atoms with Crippen molar-refractivity contribution in [2.24, 2.45) is 0 Å². The van der Waals surface area contributed by atoms with E-state index in [9.17, 15) is 9.59 Å². The number of Topliss-reactive ketones (excluding diaryl/α,β-unsaturated/α-hetero) is 1. The highest BCUT2D eigenvalue weighted by Gasteiger charge is 2.22. The van der Waals surface area contributed by atoms with Crippen LogP contribution < -0.4 is 5.32 Å². The Labute approximate surface area is 174 Å². The predicted octanol–water partition coefficient (Wildman–Crippen LogP) is 5.20. The SMILES string of the molecule is CCC(=O)CCCCCNC(=O)OC1Cc2ccccc2C#Cc2ccccc21.[HH]. The van der Waals surface area contributed by atoms with Crippen molar-refractivity contribution < 1.29 is 15.8 Å². The van der Waals surface area contributed by atoms with Crippen LogP contribution in [0.15, 0.2) is 48.5 Å². The molecule has 0 radical (unpaired) electrons. The van der Waals surface area contributed by atoms with E-state index in [-0.39, 0.29) is 7.53 Å². The smallest absolute Gasteiger partial charge is 0.407 e. The fraction of sp³-hybridized carbons (Fsp3) is 0.360. The van der Waals surface area contributed by atoms with E-state index in [1.807, 2.05) is 55.5 Å². The van der Waals surface area contributed by atoms with Crippen molar-refractivity contribution in [3.8, 4) is 11.8 Å². The van der Waals surface area contributed by atoms with Crippen LogP contribution >= 0.6 is 0 Å². The Morgan fingerprint density at radius 1 is 1.03 bits per heavy atom. The minimum atomic E-state index is -0.416. The summed E-state index contributed by atoms with van der Waals surface area (Å²) in [5.41, 5.74) is 3.87. The van der Waals surface area contributed by atoms with Gasteiger partial charge >= 0.3 is 6.09 Å². The molecule has 0 aromatic heterocycles. The molecule has 0 fully saturated rings. The molecule has 0 spiro atoms. The zero-order valence-corrected chi connectivity index (χ0v) is 16.9. The lowest BCUT2D eigenvalue weighted by Gasteiger charge is -2.22. The first-order valence-electron chi connectivity index (χ1n) is 10.3. The van der Waals surface area contributed by atoms with Crippen LogP contribution in [-0.2, 0) is 16.0 Å². The summed E-state index contributed by atoms with van der Waals surface area (Å²) in [6.45, 7) is 2.43. The Bertz CT molecular complexity index is 929. The van der Waals surface area contributed by atoms with E-state index in [0.717, 1.165) is 41.5 Å². The quantitative estimate of drug-likeness (QED) is 0.497. The highest BCUT2D eigenvalue weighted by atomic mass is 16.6. The van der Waals surface area contributed by atoms with Gasteiger partial charge in [-0.25, -0.2) is 4.79 Å². The fourth-order valence-electron chi connectivity index (χ4n) is 3.42. The minimum absolute atomic E-state index is 0. The number of nitrogens with one attached hydrogen (secondary N) is 1. The molecule has 29 heavy (non-hydrogen) atoms. The van der Waals surface area contributed by atoms with Crippen LogP contribution in [0.4, 0.5) is 4.79 Å². The molecule has 1 N–H and O–H groups in total. The Balaban J connectivity index is 0.00000320. The lowest BCUT2D eigenvalue weighted by Crippen LogP contribution is -2.28. The fourth-order valence-corrected chi connectivity index (χ4v) is 3.42. The van der Waals surface area contributed by atoms with Gasteiger partial charge in [-0.05, 0) is 30.5 Å². The van der Waals surface area contributed by atoms with E-state index in [2.05, 4.69) is 17.2 Å². The normalized spacial score (nSPS) is 14.3. The molecule has 2 aromatic carbocycles. The van der Waals surface area contributed by atoms with Gasteiger partial charge in [0.25, 0.3) is 0 Å². The Morgan fingerprint density at radius 3 is 2.59 bits per heavy atom. The van der Waals surface area contributed by atoms with Gasteiger partial charge in [0.15, 0.2) is 0 Å². The van der Waals surface area contributed by atoms with Crippen molar-refractivity contribution in [3.05, 3.63) is 70.8 Å². The van der Waals surface area contributed by atoms with Gasteiger partial charge in [0.2, 0.25) is 0 Å². The van der Waals surface area contributed by atoms with Crippen LogP contribution in [0.1, 0.15) is 68.8 Å². The van der Waals surface area contributed by atoms with Crippen LogP contribution in [-0.4, -0.2) is 18.4 Å². The van der Waals surface area contributed by atoms with Crippen molar-refractivity contribution in [2.75, 3.05) is 6.54 Å². The van der Waals surface area contributed by atoms with Gasteiger partial charge in [-0.1, -0.05) is 61.6 Å². The largest absolute Gasteiger partial charge is 0.441 e. The van der Waals surface area contributed by atoms with Gasteiger partial charge in [-0.3, -0.25) is 4.79 Å². The van der Waals surface area contributed by atoms with E-state index in [1.54, 1.807) is 0 Å². The van der Waals surface area contributed by atoms with E-state index in [0.29, 0.717) is 31.6 Å². The number of carbonyl (C=O) groups is 2. The van der Waals surface area contributed by atoms with Crippen molar-refractivity contribution in [2.45, 2.75) is 51.6 Å². The molecule has 0 aliphatic heterocycles. The second kappa shape index (κ2) is 10.5. The highest BCUT2D eigenvalue weighted by molar-refractivity contribution is 5.77. The van der Waals surface area contributed by atoms with E-state index < -0.39 is 6.09 Å². The summed E-state index contributed by atoms with van der Waals surface area (Å²) < 4.78 is 5.80. The van der Waals surface area contributed by atoms with Gasteiger partial charge in [0.1, 0.15) is 11.9 Å². The number of carbonyl (C=O) groups excluding carboxylic acids is 2. The summed E-state index contributed by atoms with van der Waals surface area (Å²) in [4.78, 5) is 23.7. The molecule has 0 saturated heterocycles. The van der Waals surface area contributed by atoms with Crippen molar-refractivity contribution >= 4 is 11.9 Å². The average Bonchev–Trinajstić information content (AvgIpc) is 2.73. The zero-order chi connectivity index (χ0) is 20.5. The Morgan fingerprint density at radius 2 is 1.76 bits per heavy atom. The Kier molecular flexibility index (Phi) is 7.47. The third kappa shape index (κ3) is 5.96. The van der Waals surface area contributed by atoms with Gasteiger partial charge in [0, 0.05) is 43.9 Å². The number of unbranched alkanes of at least 4 members (excludes halogenated alkanes) is 2. The third-order valence-electron chi connectivity index (χ3n) is 5.11. The molecule has 3 rings (SSSR count). The lowest BCUT2D eigenvalue weighted by atomic mass is 9.92. The molecule has 0 saturated carbocycles. The predicted molar refractivity (Wildman–Crippen MR) is 116 cm³/mol. The molecule has 4 heteroatoms. The lowest BCUT2D eigenvalue weighted by molar-refractivity contribution is -0.118. The second-order valence-electron chi connectivity index (χ2n) is 7.22. The van der Waals surface area contributed by atoms with Crippen molar-refractivity contribution in [3.63, 3.8) is 0 Å². The second-order valence-corrected chi connectivity index (χ2v) is 7.22. The molecule has 152 valence electrons. The maximum absolute atomic E-state index is 12.4. The topological polar surface area (TPSA) is 55.4 Å². The van der Waals surface area contributed by atoms with Crippen molar-refractivity contribution in [1.82, 2.24) is 5.32 Å². The number of ether oxygens (including phenoxy) is 1.